The molecule has 0 aliphatic heterocycles. The summed E-state index contributed by atoms with van der Waals surface area (Å²) in [4.78, 5) is 5.68. The second kappa shape index (κ2) is 2.28. The van der Waals surface area contributed by atoms with Crippen LogP contribution in [0.5, 0.6) is 0 Å². The molecule has 0 radical (unpaired) electrons. The first-order valence-corrected chi connectivity index (χ1v) is 2.94. The summed E-state index contributed by atoms with van der Waals surface area (Å²) in [6.45, 7) is 0. The van der Waals surface area contributed by atoms with E-state index >= 15 is 0 Å². The summed E-state index contributed by atoms with van der Waals surface area (Å²) in [6.07, 6.45) is 3.45. The van der Waals surface area contributed by atoms with Gasteiger partial charge in [0.2, 0.25) is 6.33 Å². The highest BCUT2D eigenvalue weighted by atomic mass is 32.1. The van der Waals surface area contributed by atoms with E-state index in [-0.39, 0.29) is 0 Å². The van der Waals surface area contributed by atoms with Crippen LogP contribution in [0.3, 0.4) is 0 Å². The van der Waals surface area contributed by atoms with Gasteiger partial charge in [-0.25, -0.2) is 9.97 Å². The molecule has 0 spiro atoms. The molecule has 0 aliphatic carbocycles. The van der Waals surface area contributed by atoms with Crippen LogP contribution in [0.2, 0.25) is 0 Å². The number of aromatic amines is 2. The number of hydrogen-bond acceptors (Lipinski definition) is 1. The minimum absolute atomic E-state index is 0.575. The molecule has 2 nitrogen and oxygen atoms in total. The molecule has 0 aromatic carbocycles. The third-order valence-electron chi connectivity index (χ3n) is 0.769. The Balaban J connectivity index is 2.93. The standard InChI is InChI=1S/C4H4N2S2/c7-4(8)3-1-5-2-6-3/h1-2H,(H,5,6)(H,7,8)/p+1. The monoisotopic (exact) mass is 145 g/mol. The van der Waals surface area contributed by atoms with Gasteiger partial charge in [-0.2, -0.15) is 0 Å². The van der Waals surface area contributed by atoms with Crippen molar-refractivity contribution in [2.75, 3.05) is 0 Å². The van der Waals surface area contributed by atoms with Crippen LogP contribution < -0.4 is 4.98 Å². The maximum absolute atomic E-state index is 4.73. The van der Waals surface area contributed by atoms with Gasteiger partial charge in [0.25, 0.3) is 0 Å². The predicted octanol–water partition coefficient (Wildman–Crippen LogP) is 0.434. The Morgan fingerprint density at radius 2 is 2.62 bits per heavy atom. The van der Waals surface area contributed by atoms with Crippen LogP contribution in [-0.4, -0.2) is 9.18 Å². The number of hydrogen-bond donors (Lipinski definition) is 2. The molecule has 0 saturated heterocycles. The first kappa shape index (κ1) is 5.78. The van der Waals surface area contributed by atoms with Gasteiger partial charge in [0.15, 0.2) is 5.69 Å². The van der Waals surface area contributed by atoms with Crippen LogP contribution in [0.1, 0.15) is 5.69 Å². The van der Waals surface area contributed by atoms with E-state index in [2.05, 4.69) is 22.6 Å². The number of aromatic nitrogens is 2. The first-order valence-electron chi connectivity index (χ1n) is 2.08. The summed E-state index contributed by atoms with van der Waals surface area (Å²) in [5.41, 5.74) is 0.850. The van der Waals surface area contributed by atoms with Gasteiger partial charge in [0.05, 0.1) is 0 Å². The van der Waals surface area contributed by atoms with Crippen molar-refractivity contribution in [1.82, 2.24) is 4.98 Å². The molecule has 8 heavy (non-hydrogen) atoms. The summed E-state index contributed by atoms with van der Waals surface area (Å²) in [5, 5.41) is 0. The SMILES string of the molecule is S=C(S)c1c[nH+]c[nH]1. The van der Waals surface area contributed by atoms with Gasteiger partial charge < -0.3 is 0 Å². The number of imidazole rings is 1. The summed E-state index contributed by atoms with van der Waals surface area (Å²) in [7, 11) is 0. The maximum Gasteiger partial charge on any atom is 0.239 e. The van der Waals surface area contributed by atoms with Gasteiger partial charge in [-0.05, 0) is 0 Å². The van der Waals surface area contributed by atoms with E-state index in [1.54, 1.807) is 12.5 Å². The maximum atomic E-state index is 4.73. The number of nitrogens with one attached hydrogen (secondary N) is 2. The van der Waals surface area contributed by atoms with Crippen molar-refractivity contribution in [2.24, 2.45) is 0 Å². The molecular formula is C4H5N2S2+. The molecule has 0 amide bonds. The third-order valence-corrected chi connectivity index (χ3v) is 1.23. The van der Waals surface area contributed by atoms with Crippen molar-refractivity contribution in [3.8, 4) is 0 Å². The highest BCUT2D eigenvalue weighted by molar-refractivity contribution is 8.11. The van der Waals surface area contributed by atoms with Gasteiger partial charge in [0, 0.05) is 0 Å². The normalized spacial score (nSPS) is 9.12. The third kappa shape index (κ3) is 1.08. The Hall–Kier alpha value is -0.350. The number of H-pyrrole nitrogens is 2. The zero-order valence-electron chi connectivity index (χ0n) is 4.01. The zero-order valence-corrected chi connectivity index (χ0v) is 5.72. The zero-order chi connectivity index (χ0) is 5.98. The quantitative estimate of drug-likeness (QED) is 0.436. The van der Waals surface area contributed by atoms with Gasteiger partial charge in [0.1, 0.15) is 10.4 Å². The fraction of sp³-hybridized carbons (Fsp3) is 0. The van der Waals surface area contributed by atoms with E-state index < -0.39 is 0 Å². The summed E-state index contributed by atoms with van der Waals surface area (Å²) in [6, 6.07) is 0. The van der Waals surface area contributed by atoms with Crippen molar-refractivity contribution in [2.45, 2.75) is 0 Å². The predicted molar refractivity (Wildman–Crippen MR) is 38.0 cm³/mol. The van der Waals surface area contributed by atoms with E-state index in [4.69, 9.17) is 12.2 Å². The molecule has 0 aliphatic rings. The second-order valence-electron chi connectivity index (χ2n) is 1.32. The van der Waals surface area contributed by atoms with Crippen LogP contribution in [0, 0.1) is 0 Å². The molecule has 4 heteroatoms. The van der Waals surface area contributed by atoms with Crippen molar-refractivity contribution in [3.63, 3.8) is 0 Å². The van der Waals surface area contributed by atoms with E-state index in [0.29, 0.717) is 4.20 Å². The van der Waals surface area contributed by atoms with Crippen LogP contribution in [0.15, 0.2) is 12.5 Å². The molecular weight excluding hydrogens is 140 g/mol. The van der Waals surface area contributed by atoms with Gasteiger partial charge in [-0.15, -0.1) is 12.6 Å². The molecule has 42 valence electrons. The second-order valence-corrected chi connectivity index (χ2v) is 2.48. The molecule has 1 rings (SSSR count). The summed E-state index contributed by atoms with van der Waals surface area (Å²) < 4.78 is 0.575. The van der Waals surface area contributed by atoms with E-state index in [0.717, 1.165) is 5.69 Å². The fourth-order valence-electron chi connectivity index (χ4n) is 0.410. The van der Waals surface area contributed by atoms with E-state index in [1.165, 1.54) is 0 Å². The highest BCUT2D eigenvalue weighted by Crippen LogP contribution is 1.94. The average Bonchev–Trinajstić information content (AvgIpc) is 2.12. The molecule has 2 N–H and O–H groups in total. The Bertz CT molecular complexity index is 180. The molecule has 0 atom stereocenters. The summed E-state index contributed by atoms with van der Waals surface area (Å²) in [5.74, 6) is 0. The van der Waals surface area contributed by atoms with Gasteiger partial charge >= 0.3 is 0 Å². The van der Waals surface area contributed by atoms with E-state index in [9.17, 15) is 0 Å². The Labute approximate surface area is 57.7 Å². The van der Waals surface area contributed by atoms with Crippen molar-refractivity contribution >= 4 is 29.0 Å². The van der Waals surface area contributed by atoms with Gasteiger partial charge in [-0.3, -0.25) is 0 Å². The van der Waals surface area contributed by atoms with Gasteiger partial charge in [-0.1, -0.05) is 12.2 Å². The number of rotatable bonds is 1. The molecule has 0 bridgehead atoms. The van der Waals surface area contributed by atoms with Crippen LogP contribution in [0.4, 0.5) is 0 Å². The lowest BCUT2D eigenvalue weighted by atomic mass is 10.6. The molecule has 1 aromatic heterocycles. The average molecular weight is 145 g/mol. The van der Waals surface area contributed by atoms with Crippen molar-refractivity contribution in [1.29, 1.82) is 0 Å². The largest absolute Gasteiger partial charge is 0.250 e. The molecule has 0 unspecified atom stereocenters. The topological polar surface area (TPSA) is 29.9 Å². The van der Waals surface area contributed by atoms with Crippen LogP contribution in [0.25, 0.3) is 0 Å². The van der Waals surface area contributed by atoms with Crippen molar-refractivity contribution in [3.05, 3.63) is 18.2 Å². The van der Waals surface area contributed by atoms with Crippen LogP contribution >= 0.6 is 24.8 Å². The highest BCUT2D eigenvalue weighted by Gasteiger charge is 1.99. The number of thiocarbonyl (C=S) groups is 1. The lowest BCUT2D eigenvalue weighted by Gasteiger charge is -1.76. The van der Waals surface area contributed by atoms with Crippen LogP contribution in [-0.2, 0) is 0 Å². The van der Waals surface area contributed by atoms with Crippen molar-refractivity contribution < 1.29 is 4.98 Å². The molecule has 0 saturated carbocycles. The lowest BCUT2D eigenvalue weighted by molar-refractivity contribution is -0.375. The minimum atomic E-state index is 0.575. The first-order chi connectivity index (χ1) is 3.80. The Morgan fingerprint density at radius 1 is 1.88 bits per heavy atom. The fourth-order valence-corrected chi connectivity index (χ4v) is 0.657. The Kier molecular flexibility index (Phi) is 1.65. The molecule has 1 heterocycles. The summed E-state index contributed by atoms with van der Waals surface area (Å²) >= 11 is 8.66. The minimum Gasteiger partial charge on any atom is -0.250 e. The molecule has 1 aromatic rings. The number of thiol groups is 1. The Morgan fingerprint density at radius 3 is 2.88 bits per heavy atom. The lowest BCUT2D eigenvalue weighted by Crippen LogP contribution is -1.90. The van der Waals surface area contributed by atoms with E-state index in [1.807, 2.05) is 0 Å². The smallest absolute Gasteiger partial charge is 0.239 e. The molecule has 0 fully saturated rings.